The number of fused-ring (bicyclic) bond motifs is 3. The van der Waals surface area contributed by atoms with Crippen LogP contribution in [0.1, 0.15) is 32.3 Å². The third kappa shape index (κ3) is 2.44. The van der Waals surface area contributed by atoms with Gasteiger partial charge >= 0.3 is 0 Å². The van der Waals surface area contributed by atoms with Crippen molar-refractivity contribution in [3.05, 3.63) is 75.3 Å². The fourth-order valence-electron chi connectivity index (χ4n) is 3.52. The topological polar surface area (TPSA) is 83.8 Å². The van der Waals surface area contributed by atoms with Gasteiger partial charge < -0.3 is 9.80 Å². The van der Waals surface area contributed by atoms with Crippen LogP contribution in [-0.4, -0.2) is 46.2 Å². The number of carbonyl (C=O) groups excluding carboxylic acids is 2. The molecule has 2 heterocycles. The Kier molecular flexibility index (Phi) is 3.49. The van der Waals surface area contributed by atoms with E-state index < -0.39 is 4.92 Å². The van der Waals surface area contributed by atoms with E-state index in [0.29, 0.717) is 30.8 Å². The van der Waals surface area contributed by atoms with Gasteiger partial charge in [0.05, 0.1) is 11.0 Å². The second-order valence-electron chi connectivity index (χ2n) is 6.16. The highest BCUT2D eigenvalue weighted by molar-refractivity contribution is 6.00. The number of non-ortho nitro benzene ring substituents is 1. The molecule has 25 heavy (non-hydrogen) atoms. The van der Waals surface area contributed by atoms with Gasteiger partial charge in [-0.3, -0.25) is 19.7 Å². The summed E-state index contributed by atoms with van der Waals surface area (Å²) >= 11 is 0. The molecule has 0 bridgehead atoms. The molecule has 126 valence electrons. The van der Waals surface area contributed by atoms with Crippen LogP contribution in [0.25, 0.3) is 0 Å². The summed E-state index contributed by atoms with van der Waals surface area (Å²) in [5, 5.41) is 10.7. The van der Waals surface area contributed by atoms with Crippen molar-refractivity contribution in [1.82, 2.24) is 9.80 Å². The number of hydrogen-bond donors (Lipinski definition) is 0. The van der Waals surface area contributed by atoms with E-state index in [4.69, 9.17) is 0 Å². The Labute approximate surface area is 143 Å². The molecule has 0 radical (unpaired) electrons. The van der Waals surface area contributed by atoms with Crippen molar-refractivity contribution < 1.29 is 14.5 Å². The van der Waals surface area contributed by atoms with Crippen LogP contribution >= 0.6 is 0 Å². The lowest BCUT2D eigenvalue weighted by atomic mass is 10.0. The number of nitrogens with zero attached hydrogens (tertiary/aromatic N) is 3. The number of nitro benzene ring substituents is 1. The second-order valence-corrected chi connectivity index (χ2v) is 6.16. The molecule has 2 aromatic carbocycles. The molecule has 0 aliphatic carbocycles. The van der Waals surface area contributed by atoms with Crippen molar-refractivity contribution >= 4 is 17.5 Å². The molecule has 0 saturated carbocycles. The molecule has 2 amide bonds. The van der Waals surface area contributed by atoms with Gasteiger partial charge in [-0.1, -0.05) is 18.2 Å². The maximum absolute atomic E-state index is 12.7. The average molecular weight is 337 g/mol. The monoisotopic (exact) mass is 337 g/mol. The summed E-state index contributed by atoms with van der Waals surface area (Å²) in [7, 11) is 0. The highest BCUT2D eigenvalue weighted by atomic mass is 16.6. The number of hydrogen-bond acceptors (Lipinski definition) is 4. The number of piperazine rings is 1. The summed E-state index contributed by atoms with van der Waals surface area (Å²) in [5.41, 5.74) is 2.03. The predicted molar refractivity (Wildman–Crippen MR) is 89.2 cm³/mol. The highest BCUT2D eigenvalue weighted by Crippen LogP contribution is 2.36. The molecule has 2 aliphatic heterocycles. The molecule has 1 unspecified atom stereocenters. The summed E-state index contributed by atoms with van der Waals surface area (Å²) in [6, 6.07) is 13.0. The normalized spacial score (nSPS) is 18.7. The molecule has 0 spiro atoms. The summed E-state index contributed by atoms with van der Waals surface area (Å²) in [4.78, 5) is 38.9. The fraction of sp³-hybridized carbons (Fsp3) is 0.222. The van der Waals surface area contributed by atoms with Crippen LogP contribution in [0, 0.1) is 10.1 Å². The van der Waals surface area contributed by atoms with Crippen LogP contribution in [0.3, 0.4) is 0 Å². The Morgan fingerprint density at radius 2 is 1.80 bits per heavy atom. The minimum absolute atomic E-state index is 0.0167. The lowest BCUT2D eigenvalue weighted by molar-refractivity contribution is -0.384. The van der Waals surface area contributed by atoms with Gasteiger partial charge in [0.15, 0.2) is 0 Å². The molecular weight excluding hydrogens is 322 g/mol. The van der Waals surface area contributed by atoms with Crippen molar-refractivity contribution in [2.24, 2.45) is 0 Å². The average Bonchev–Trinajstić information content (AvgIpc) is 2.94. The fourth-order valence-corrected chi connectivity index (χ4v) is 3.52. The molecule has 7 nitrogen and oxygen atoms in total. The van der Waals surface area contributed by atoms with Crippen LogP contribution in [-0.2, 0) is 0 Å². The lowest BCUT2D eigenvalue weighted by Gasteiger charge is -2.37. The first kappa shape index (κ1) is 15.3. The summed E-state index contributed by atoms with van der Waals surface area (Å²) in [6.07, 6.45) is 0. The minimum Gasteiger partial charge on any atom is -0.334 e. The molecule has 2 aromatic rings. The maximum atomic E-state index is 12.7. The first-order valence-corrected chi connectivity index (χ1v) is 8.00. The van der Waals surface area contributed by atoms with E-state index in [2.05, 4.69) is 0 Å². The molecule has 1 atom stereocenters. The Hall–Kier alpha value is -3.22. The predicted octanol–water partition coefficient (Wildman–Crippen LogP) is 2.25. The maximum Gasteiger partial charge on any atom is 0.269 e. The van der Waals surface area contributed by atoms with E-state index in [-0.39, 0.29) is 23.5 Å². The number of amides is 2. The summed E-state index contributed by atoms with van der Waals surface area (Å²) in [6.45, 7) is 1.36. The van der Waals surface area contributed by atoms with E-state index in [1.54, 1.807) is 4.90 Å². The van der Waals surface area contributed by atoms with Crippen LogP contribution in [0.4, 0.5) is 5.69 Å². The van der Waals surface area contributed by atoms with Gasteiger partial charge in [-0.15, -0.1) is 0 Å². The highest BCUT2D eigenvalue weighted by Gasteiger charge is 2.41. The van der Waals surface area contributed by atoms with Crippen molar-refractivity contribution in [2.45, 2.75) is 6.04 Å². The molecule has 4 rings (SSSR count). The largest absolute Gasteiger partial charge is 0.334 e. The smallest absolute Gasteiger partial charge is 0.269 e. The van der Waals surface area contributed by atoms with E-state index in [1.165, 1.54) is 24.3 Å². The Morgan fingerprint density at radius 3 is 2.52 bits per heavy atom. The lowest BCUT2D eigenvalue weighted by Crippen LogP contribution is -2.49. The Balaban J connectivity index is 1.56. The standard InChI is InChI=1S/C18H15N3O4/c22-17(12-5-7-13(8-6-12)21(24)25)19-9-10-20-16(11-19)14-3-1-2-4-15(14)18(20)23/h1-8,16H,9-11H2. The van der Waals surface area contributed by atoms with Crippen LogP contribution in [0.2, 0.25) is 0 Å². The van der Waals surface area contributed by atoms with Gasteiger partial charge in [-0.2, -0.15) is 0 Å². The molecule has 7 heteroatoms. The van der Waals surface area contributed by atoms with Gasteiger partial charge in [0.2, 0.25) is 0 Å². The van der Waals surface area contributed by atoms with Crippen molar-refractivity contribution in [3.8, 4) is 0 Å². The van der Waals surface area contributed by atoms with E-state index in [9.17, 15) is 19.7 Å². The van der Waals surface area contributed by atoms with Crippen LogP contribution in [0.5, 0.6) is 0 Å². The van der Waals surface area contributed by atoms with Crippen molar-refractivity contribution in [3.63, 3.8) is 0 Å². The van der Waals surface area contributed by atoms with Crippen LogP contribution in [0.15, 0.2) is 48.5 Å². The molecule has 2 aliphatic rings. The van der Waals surface area contributed by atoms with Gasteiger partial charge in [0.1, 0.15) is 0 Å². The van der Waals surface area contributed by atoms with Gasteiger partial charge in [0, 0.05) is 42.9 Å². The molecule has 0 N–H and O–H groups in total. The minimum atomic E-state index is -0.492. The summed E-state index contributed by atoms with van der Waals surface area (Å²) in [5.74, 6) is -0.158. The number of benzene rings is 2. The first-order valence-electron chi connectivity index (χ1n) is 8.00. The Morgan fingerprint density at radius 1 is 1.08 bits per heavy atom. The SMILES string of the molecule is O=C(c1ccc([N+](=O)[O-])cc1)N1CCN2C(=O)c3ccccc3C2C1. The van der Waals surface area contributed by atoms with E-state index in [0.717, 1.165) is 5.56 Å². The number of rotatable bonds is 2. The van der Waals surface area contributed by atoms with Gasteiger partial charge in [-0.25, -0.2) is 0 Å². The number of carbonyl (C=O) groups is 2. The van der Waals surface area contributed by atoms with E-state index in [1.807, 2.05) is 29.2 Å². The zero-order chi connectivity index (χ0) is 17.6. The molecule has 0 aromatic heterocycles. The van der Waals surface area contributed by atoms with E-state index >= 15 is 0 Å². The summed E-state index contributed by atoms with van der Waals surface area (Å²) < 4.78 is 0. The third-order valence-electron chi connectivity index (χ3n) is 4.80. The zero-order valence-corrected chi connectivity index (χ0v) is 13.3. The van der Waals surface area contributed by atoms with Crippen molar-refractivity contribution in [2.75, 3.05) is 19.6 Å². The molecular formula is C18H15N3O4. The third-order valence-corrected chi connectivity index (χ3v) is 4.80. The van der Waals surface area contributed by atoms with Gasteiger partial charge in [-0.05, 0) is 23.8 Å². The van der Waals surface area contributed by atoms with Crippen molar-refractivity contribution in [1.29, 1.82) is 0 Å². The first-order chi connectivity index (χ1) is 12.1. The Bertz CT molecular complexity index is 878. The number of nitro groups is 1. The molecule has 1 saturated heterocycles. The quantitative estimate of drug-likeness (QED) is 0.621. The molecule has 1 fully saturated rings. The van der Waals surface area contributed by atoms with Gasteiger partial charge in [0.25, 0.3) is 17.5 Å². The second kappa shape index (κ2) is 5.70. The zero-order valence-electron chi connectivity index (χ0n) is 13.3. The van der Waals surface area contributed by atoms with Crippen LogP contribution < -0.4 is 0 Å².